The molecule has 2 aliphatic rings. The summed E-state index contributed by atoms with van der Waals surface area (Å²) in [6.07, 6.45) is 6.61. The number of rotatable bonds is 3. The number of pyridine rings is 1. The average Bonchev–Trinajstić information content (AvgIpc) is 3.18. The van der Waals surface area contributed by atoms with Crippen molar-refractivity contribution in [1.29, 1.82) is 0 Å². The second-order valence-corrected chi connectivity index (χ2v) is 7.43. The van der Waals surface area contributed by atoms with Crippen LogP contribution in [0.5, 0.6) is 0 Å². The first-order valence-electron chi connectivity index (χ1n) is 9.61. The van der Waals surface area contributed by atoms with Crippen molar-refractivity contribution in [2.75, 3.05) is 44.7 Å². The Balaban J connectivity index is 1.59. The van der Waals surface area contributed by atoms with Crippen LogP contribution in [0.3, 0.4) is 0 Å². The van der Waals surface area contributed by atoms with Gasteiger partial charge in [0.1, 0.15) is 5.69 Å². The maximum atomic E-state index is 12.9. The molecule has 2 saturated heterocycles. The number of aryl methyl sites for hydroxylation is 1. The van der Waals surface area contributed by atoms with Gasteiger partial charge in [-0.15, -0.1) is 0 Å². The van der Waals surface area contributed by atoms with Crippen LogP contribution in [-0.2, 0) is 0 Å². The maximum absolute atomic E-state index is 12.9. The Morgan fingerprint density at radius 2 is 1.93 bits per heavy atom. The summed E-state index contributed by atoms with van der Waals surface area (Å²) in [6, 6.07) is 4.33. The maximum Gasteiger partial charge on any atom is 0.274 e. The molecule has 0 unspecified atom stereocenters. The fourth-order valence-electron chi connectivity index (χ4n) is 3.97. The van der Waals surface area contributed by atoms with Crippen molar-refractivity contribution in [3.8, 4) is 0 Å². The highest BCUT2D eigenvalue weighted by atomic mass is 16.2. The molecule has 142 valence electrons. The number of amides is 1. The zero-order valence-electron chi connectivity index (χ0n) is 16.0. The van der Waals surface area contributed by atoms with Gasteiger partial charge in [0.15, 0.2) is 0 Å². The SMILES string of the molecule is Cc1cc(N2CCN(C)CC2)cc([C@H]2CCCN2C(=O)c2cnccn2)n1. The van der Waals surface area contributed by atoms with Crippen LogP contribution in [0.1, 0.15) is 40.8 Å². The van der Waals surface area contributed by atoms with Crippen LogP contribution in [0, 0.1) is 6.92 Å². The molecule has 0 radical (unpaired) electrons. The number of likely N-dealkylation sites (N-methyl/N-ethyl adjacent to an activating group) is 1. The van der Waals surface area contributed by atoms with Gasteiger partial charge in [-0.25, -0.2) is 4.98 Å². The van der Waals surface area contributed by atoms with E-state index in [4.69, 9.17) is 4.98 Å². The van der Waals surface area contributed by atoms with Gasteiger partial charge in [0, 0.05) is 56.5 Å². The molecular formula is C20H26N6O. The topological polar surface area (TPSA) is 65.5 Å². The molecule has 4 heterocycles. The molecule has 0 saturated carbocycles. The zero-order chi connectivity index (χ0) is 18.8. The van der Waals surface area contributed by atoms with E-state index in [-0.39, 0.29) is 11.9 Å². The fraction of sp³-hybridized carbons (Fsp3) is 0.500. The van der Waals surface area contributed by atoms with Crippen molar-refractivity contribution < 1.29 is 4.79 Å². The Kier molecular flexibility index (Phi) is 5.03. The van der Waals surface area contributed by atoms with Crippen LogP contribution in [0.15, 0.2) is 30.7 Å². The summed E-state index contributed by atoms with van der Waals surface area (Å²) in [7, 11) is 2.16. The molecular weight excluding hydrogens is 340 g/mol. The molecule has 0 bridgehead atoms. The number of aromatic nitrogens is 3. The van der Waals surface area contributed by atoms with E-state index in [0.717, 1.165) is 57.0 Å². The lowest BCUT2D eigenvalue weighted by atomic mass is 10.1. The highest BCUT2D eigenvalue weighted by molar-refractivity contribution is 5.92. The predicted octanol–water partition coefficient (Wildman–Crippen LogP) is 1.91. The number of carbonyl (C=O) groups is 1. The van der Waals surface area contributed by atoms with Gasteiger partial charge in [0.05, 0.1) is 17.9 Å². The highest BCUT2D eigenvalue weighted by Crippen LogP contribution is 2.34. The van der Waals surface area contributed by atoms with Crippen molar-refractivity contribution in [2.45, 2.75) is 25.8 Å². The van der Waals surface area contributed by atoms with Crippen molar-refractivity contribution in [3.05, 3.63) is 47.8 Å². The third-order valence-corrected chi connectivity index (χ3v) is 5.46. The first-order chi connectivity index (χ1) is 13.1. The van der Waals surface area contributed by atoms with Gasteiger partial charge < -0.3 is 14.7 Å². The molecule has 1 amide bonds. The zero-order valence-corrected chi connectivity index (χ0v) is 16.0. The molecule has 0 aromatic carbocycles. The smallest absolute Gasteiger partial charge is 0.274 e. The molecule has 2 aromatic heterocycles. The number of anilines is 1. The summed E-state index contributed by atoms with van der Waals surface area (Å²) < 4.78 is 0. The summed E-state index contributed by atoms with van der Waals surface area (Å²) in [5.74, 6) is -0.0601. The molecule has 4 rings (SSSR count). The van der Waals surface area contributed by atoms with Gasteiger partial charge in [-0.3, -0.25) is 14.8 Å². The van der Waals surface area contributed by atoms with Gasteiger partial charge >= 0.3 is 0 Å². The first-order valence-corrected chi connectivity index (χ1v) is 9.61. The number of likely N-dealkylation sites (tertiary alicyclic amines) is 1. The molecule has 0 aliphatic carbocycles. The number of hydrogen-bond donors (Lipinski definition) is 0. The van der Waals surface area contributed by atoms with Crippen LogP contribution < -0.4 is 4.90 Å². The molecule has 1 atom stereocenters. The molecule has 27 heavy (non-hydrogen) atoms. The lowest BCUT2D eigenvalue weighted by Gasteiger charge is -2.34. The summed E-state index contributed by atoms with van der Waals surface area (Å²) in [5, 5.41) is 0. The molecule has 2 aliphatic heterocycles. The molecule has 2 aromatic rings. The normalized spacial score (nSPS) is 20.9. The van der Waals surface area contributed by atoms with Gasteiger partial charge in [-0.2, -0.15) is 0 Å². The summed E-state index contributed by atoms with van der Waals surface area (Å²) >= 11 is 0. The minimum Gasteiger partial charge on any atom is -0.369 e. The summed E-state index contributed by atoms with van der Waals surface area (Å²) in [4.78, 5) is 32.6. The molecule has 2 fully saturated rings. The molecule has 0 spiro atoms. The van der Waals surface area contributed by atoms with Crippen molar-refractivity contribution in [3.63, 3.8) is 0 Å². The lowest BCUT2D eigenvalue weighted by Crippen LogP contribution is -2.44. The van der Waals surface area contributed by atoms with Crippen LogP contribution in [0.2, 0.25) is 0 Å². The molecule has 7 heteroatoms. The fourth-order valence-corrected chi connectivity index (χ4v) is 3.97. The van der Waals surface area contributed by atoms with E-state index in [1.165, 1.54) is 11.9 Å². The van der Waals surface area contributed by atoms with Crippen LogP contribution in [-0.4, -0.2) is 70.4 Å². The van der Waals surface area contributed by atoms with E-state index >= 15 is 0 Å². The van der Waals surface area contributed by atoms with E-state index in [2.05, 4.69) is 38.9 Å². The molecule has 0 N–H and O–H groups in total. The number of piperazine rings is 1. The second kappa shape index (κ2) is 7.60. The standard InChI is InChI=1S/C20H26N6O/c1-15-12-16(25-10-8-24(2)9-11-25)13-17(23-15)19-4-3-7-26(19)20(27)18-14-21-5-6-22-18/h5-6,12-14,19H,3-4,7-11H2,1-2H3/t19-/m1/s1. The van der Waals surface area contributed by atoms with Crippen molar-refractivity contribution >= 4 is 11.6 Å². The Bertz CT molecular complexity index is 803. The monoisotopic (exact) mass is 366 g/mol. The van der Waals surface area contributed by atoms with Crippen LogP contribution in [0.4, 0.5) is 5.69 Å². The minimum absolute atomic E-state index is 0.00520. The van der Waals surface area contributed by atoms with Gasteiger partial charge in [0.2, 0.25) is 0 Å². The number of hydrogen-bond acceptors (Lipinski definition) is 6. The number of carbonyl (C=O) groups excluding carboxylic acids is 1. The van der Waals surface area contributed by atoms with Gasteiger partial charge in [-0.1, -0.05) is 0 Å². The highest BCUT2D eigenvalue weighted by Gasteiger charge is 2.32. The number of nitrogens with zero attached hydrogens (tertiary/aromatic N) is 6. The lowest BCUT2D eigenvalue weighted by molar-refractivity contribution is 0.0726. The summed E-state index contributed by atoms with van der Waals surface area (Å²) in [5.41, 5.74) is 3.60. The van der Waals surface area contributed by atoms with Gasteiger partial charge in [0.25, 0.3) is 5.91 Å². The largest absolute Gasteiger partial charge is 0.369 e. The first kappa shape index (κ1) is 17.9. The Labute approximate surface area is 160 Å². The van der Waals surface area contributed by atoms with E-state index in [1.807, 2.05) is 11.8 Å². The average molecular weight is 366 g/mol. The Hall–Kier alpha value is -2.54. The van der Waals surface area contributed by atoms with Crippen LogP contribution in [0.25, 0.3) is 0 Å². The second-order valence-electron chi connectivity index (χ2n) is 7.43. The van der Waals surface area contributed by atoms with Crippen LogP contribution >= 0.6 is 0 Å². The molecule has 7 nitrogen and oxygen atoms in total. The van der Waals surface area contributed by atoms with Crippen molar-refractivity contribution in [2.24, 2.45) is 0 Å². The van der Waals surface area contributed by atoms with E-state index in [9.17, 15) is 4.79 Å². The Morgan fingerprint density at radius 1 is 1.11 bits per heavy atom. The van der Waals surface area contributed by atoms with E-state index < -0.39 is 0 Å². The third-order valence-electron chi connectivity index (χ3n) is 5.46. The third kappa shape index (κ3) is 3.78. The van der Waals surface area contributed by atoms with E-state index in [1.54, 1.807) is 12.4 Å². The van der Waals surface area contributed by atoms with Crippen molar-refractivity contribution in [1.82, 2.24) is 24.8 Å². The Morgan fingerprint density at radius 3 is 2.67 bits per heavy atom. The van der Waals surface area contributed by atoms with Gasteiger partial charge in [-0.05, 0) is 38.9 Å². The quantitative estimate of drug-likeness (QED) is 0.827. The predicted molar refractivity (Wildman–Crippen MR) is 104 cm³/mol. The summed E-state index contributed by atoms with van der Waals surface area (Å²) in [6.45, 7) is 6.94. The van der Waals surface area contributed by atoms with E-state index in [0.29, 0.717) is 5.69 Å². The minimum atomic E-state index is -0.0601.